The van der Waals surface area contributed by atoms with Crippen molar-refractivity contribution in [3.8, 4) is 0 Å². The van der Waals surface area contributed by atoms with E-state index in [0.717, 1.165) is 17.1 Å². The van der Waals surface area contributed by atoms with Gasteiger partial charge in [-0.15, -0.1) is 11.3 Å². The number of thiazole rings is 1. The highest BCUT2D eigenvalue weighted by Crippen LogP contribution is 2.35. The molecular formula is C12H20N2O2S2. The number of nitrogens with one attached hydrogen (secondary N) is 1. The lowest BCUT2D eigenvalue weighted by molar-refractivity contribution is 0.300. The summed E-state index contributed by atoms with van der Waals surface area (Å²) in [7, 11) is -2.97. The van der Waals surface area contributed by atoms with E-state index in [1.54, 1.807) is 11.3 Å². The summed E-state index contributed by atoms with van der Waals surface area (Å²) in [5, 5.41) is 6.35. The van der Waals surface area contributed by atoms with Crippen molar-refractivity contribution in [3.63, 3.8) is 0 Å². The SMILES string of the molecule is Cc1csc(C2(NC(C)C)CCCS(=O)(=O)C2)n1. The molecule has 102 valence electrons. The quantitative estimate of drug-likeness (QED) is 0.922. The number of aryl methyl sites for hydroxylation is 1. The minimum Gasteiger partial charge on any atom is -0.302 e. The van der Waals surface area contributed by atoms with E-state index in [1.807, 2.05) is 26.2 Å². The van der Waals surface area contributed by atoms with Gasteiger partial charge in [0.2, 0.25) is 0 Å². The third kappa shape index (κ3) is 2.92. The van der Waals surface area contributed by atoms with Crippen LogP contribution < -0.4 is 5.32 Å². The Labute approximate surface area is 113 Å². The molecule has 18 heavy (non-hydrogen) atoms. The number of sulfone groups is 1. The Bertz CT molecular complexity index is 522. The first kappa shape index (κ1) is 14.0. The lowest BCUT2D eigenvalue weighted by Crippen LogP contribution is -2.53. The summed E-state index contributed by atoms with van der Waals surface area (Å²) >= 11 is 1.56. The fraction of sp³-hybridized carbons (Fsp3) is 0.750. The molecular weight excluding hydrogens is 268 g/mol. The fourth-order valence-electron chi connectivity index (χ4n) is 2.58. The molecule has 6 heteroatoms. The zero-order valence-electron chi connectivity index (χ0n) is 11.1. The summed E-state index contributed by atoms with van der Waals surface area (Å²) in [5.74, 6) is 0.476. The monoisotopic (exact) mass is 288 g/mol. The molecule has 1 unspecified atom stereocenters. The van der Waals surface area contributed by atoms with Crippen LogP contribution in [0.15, 0.2) is 5.38 Å². The maximum absolute atomic E-state index is 12.0. The van der Waals surface area contributed by atoms with Gasteiger partial charge in [0.05, 0.1) is 17.0 Å². The smallest absolute Gasteiger partial charge is 0.152 e. The van der Waals surface area contributed by atoms with Gasteiger partial charge in [0.15, 0.2) is 9.84 Å². The lowest BCUT2D eigenvalue weighted by atomic mass is 9.95. The van der Waals surface area contributed by atoms with Crippen LogP contribution in [0.5, 0.6) is 0 Å². The fourth-order valence-corrected chi connectivity index (χ4v) is 5.51. The zero-order valence-corrected chi connectivity index (χ0v) is 12.7. The molecule has 1 aromatic rings. The molecule has 1 aliphatic rings. The first-order valence-electron chi connectivity index (χ1n) is 6.24. The molecule has 1 fully saturated rings. The van der Waals surface area contributed by atoms with Gasteiger partial charge in [0.1, 0.15) is 5.01 Å². The van der Waals surface area contributed by atoms with E-state index in [9.17, 15) is 8.42 Å². The van der Waals surface area contributed by atoms with E-state index in [0.29, 0.717) is 12.2 Å². The Kier molecular flexibility index (Phi) is 3.80. The zero-order chi connectivity index (χ0) is 13.4. The molecule has 0 spiro atoms. The van der Waals surface area contributed by atoms with Gasteiger partial charge >= 0.3 is 0 Å². The molecule has 0 radical (unpaired) electrons. The first-order valence-corrected chi connectivity index (χ1v) is 8.94. The highest BCUT2D eigenvalue weighted by Gasteiger charge is 2.42. The van der Waals surface area contributed by atoms with Gasteiger partial charge in [-0.05, 0) is 33.6 Å². The Balaban J connectivity index is 2.40. The average molecular weight is 288 g/mol. The third-order valence-corrected chi connectivity index (χ3v) is 6.13. The largest absolute Gasteiger partial charge is 0.302 e. The Hall–Kier alpha value is -0.460. The minimum atomic E-state index is -2.97. The molecule has 4 nitrogen and oxygen atoms in total. The van der Waals surface area contributed by atoms with Crippen LogP contribution in [0.2, 0.25) is 0 Å². The van der Waals surface area contributed by atoms with Crippen LogP contribution in [0.4, 0.5) is 0 Å². The van der Waals surface area contributed by atoms with E-state index >= 15 is 0 Å². The third-order valence-electron chi connectivity index (χ3n) is 3.12. The summed E-state index contributed by atoms with van der Waals surface area (Å²) in [6.45, 7) is 6.03. The second-order valence-electron chi connectivity index (χ2n) is 5.37. The number of hydrogen-bond acceptors (Lipinski definition) is 5. The maximum Gasteiger partial charge on any atom is 0.152 e. The van der Waals surface area contributed by atoms with Crippen molar-refractivity contribution >= 4 is 21.2 Å². The molecule has 0 aromatic carbocycles. The van der Waals surface area contributed by atoms with Crippen LogP contribution in [0.1, 0.15) is 37.4 Å². The van der Waals surface area contributed by atoms with Crippen molar-refractivity contribution < 1.29 is 8.42 Å². The van der Waals surface area contributed by atoms with Crippen molar-refractivity contribution in [2.24, 2.45) is 0 Å². The normalized spacial score (nSPS) is 27.6. The van der Waals surface area contributed by atoms with Gasteiger partial charge in [0.25, 0.3) is 0 Å². The van der Waals surface area contributed by atoms with Crippen LogP contribution in [0, 0.1) is 6.92 Å². The van der Waals surface area contributed by atoms with Gasteiger partial charge in [0, 0.05) is 17.1 Å². The predicted octanol–water partition coefficient (Wildman–Crippen LogP) is 1.85. The summed E-state index contributed by atoms with van der Waals surface area (Å²) in [6, 6.07) is 0.238. The summed E-state index contributed by atoms with van der Waals surface area (Å²) in [6.07, 6.45) is 1.55. The summed E-state index contributed by atoms with van der Waals surface area (Å²) < 4.78 is 23.9. The second kappa shape index (κ2) is 4.90. The molecule has 1 aromatic heterocycles. The average Bonchev–Trinajstić information content (AvgIpc) is 2.62. The topological polar surface area (TPSA) is 59.1 Å². The summed E-state index contributed by atoms with van der Waals surface area (Å²) in [4.78, 5) is 4.52. The van der Waals surface area contributed by atoms with Crippen LogP contribution in [-0.4, -0.2) is 30.9 Å². The molecule has 1 aliphatic heterocycles. The minimum absolute atomic E-state index is 0.172. The Morgan fingerprint density at radius 2 is 2.22 bits per heavy atom. The van der Waals surface area contributed by atoms with E-state index < -0.39 is 15.4 Å². The first-order chi connectivity index (χ1) is 8.33. The number of hydrogen-bond donors (Lipinski definition) is 1. The van der Waals surface area contributed by atoms with Gasteiger partial charge in [-0.25, -0.2) is 13.4 Å². The molecule has 1 atom stereocenters. The van der Waals surface area contributed by atoms with Crippen molar-refractivity contribution in [1.82, 2.24) is 10.3 Å². The standard InChI is InChI=1S/C12H20N2O2S2/c1-9(2)14-12(11-13-10(3)7-17-11)5-4-6-18(15,16)8-12/h7,9,14H,4-6,8H2,1-3H3. The molecule has 0 amide bonds. The molecule has 1 saturated heterocycles. The number of nitrogens with zero attached hydrogens (tertiary/aromatic N) is 1. The molecule has 2 heterocycles. The van der Waals surface area contributed by atoms with Gasteiger partial charge < -0.3 is 5.32 Å². The molecule has 0 aliphatic carbocycles. The second-order valence-corrected chi connectivity index (χ2v) is 8.41. The van der Waals surface area contributed by atoms with Crippen molar-refractivity contribution in [2.75, 3.05) is 11.5 Å². The molecule has 2 rings (SSSR count). The number of rotatable bonds is 3. The van der Waals surface area contributed by atoms with Gasteiger partial charge in [-0.1, -0.05) is 0 Å². The summed E-state index contributed by atoms with van der Waals surface area (Å²) in [5.41, 5.74) is 0.479. The van der Waals surface area contributed by atoms with Crippen LogP contribution >= 0.6 is 11.3 Å². The van der Waals surface area contributed by atoms with Gasteiger partial charge in [-0.3, -0.25) is 0 Å². The van der Waals surface area contributed by atoms with Crippen LogP contribution in [-0.2, 0) is 15.4 Å². The highest BCUT2D eigenvalue weighted by molar-refractivity contribution is 7.91. The lowest BCUT2D eigenvalue weighted by Gasteiger charge is -2.37. The Morgan fingerprint density at radius 3 is 2.72 bits per heavy atom. The van der Waals surface area contributed by atoms with Gasteiger partial charge in [-0.2, -0.15) is 0 Å². The van der Waals surface area contributed by atoms with Crippen LogP contribution in [0.25, 0.3) is 0 Å². The molecule has 1 N–H and O–H groups in total. The molecule has 0 bridgehead atoms. The highest BCUT2D eigenvalue weighted by atomic mass is 32.2. The van der Waals surface area contributed by atoms with E-state index in [-0.39, 0.29) is 11.8 Å². The maximum atomic E-state index is 12.0. The Morgan fingerprint density at radius 1 is 1.50 bits per heavy atom. The van der Waals surface area contributed by atoms with Crippen molar-refractivity contribution in [2.45, 2.75) is 45.2 Å². The van der Waals surface area contributed by atoms with Crippen molar-refractivity contribution in [3.05, 3.63) is 16.1 Å². The van der Waals surface area contributed by atoms with E-state index in [4.69, 9.17) is 0 Å². The van der Waals surface area contributed by atoms with E-state index in [1.165, 1.54) is 0 Å². The van der Waals surface area contributed by atoms with Crippen molar-refractivity contribution in [1.29, 1.82) is 0 Å². The van der Waals surface area contributed by atoms with E-state index in [2.05, 4.69) is 10.3 Å². The predicted molar refractivity (Wildman–Crippen MR) is 74.7 cm³/mol. The van der Waals surface area contributed by atoms with Crippen LogP contribution in [0.3, 0.4) is 0 Å². The molecule has 0 saturated carbocycles. The number of aromatic nitrogens is 1.